The number of H-pyrrole nitrogens is 2. The zero-order chi connectivity index (χ0) is 18.6. The van der Waals surface area contributed by atoms with Crippen LogP contribution in [0.5, 0.6) is 0 Å². The second-order valence-corrected chi connectivity index (χ2v) is 6.02. The molecular weight excluding hydrogens is 404 g/mol. The molecule has 5 rings (SSSR count). The smallest absolute Gasteiger partial charge is 0.896 e. The largest absolute Gasteiger partial charge is 2.00 e. The summed E-state index contributed by atoms with van der Waals surface area (Å²) in [7, 11) is -1.25. The summed E-state index contributed by atoms with van der Waals surface area (Å²) in [6.07, 6.45) is 8.09. The zero-order valence-corrected chi connectivity index (χ0v) is 18.0. The Morgan fingerprint density at radius 1 is 0.571 bits per heavy atom. The van der Waals surface area contributed by atoms with Crippen LogP contribution in [0.25, 0.3) is 46.4 Å². The maximum atomic E-state index is 8.38. The Kier molecular flexibility index (Phi) is 6.37. The van der Waals surface area contributed by atoms with Gasteiger partial charge in [0.05, 0.1) is 22.8 Å². The minimum atomic E-state index is -1.25. The van der Waals surface area contributed by atoms with Crippen molar-refractivity contribution >= 4 is 54.1 Å². The van der Waals surface area contributed by atoms with Crippen LogP contribution >= 0.6 is 0 Å². The Labute approximate surface area is 174 Å². The van der Waals surface area contributed by atoms with Crippen molar-refractivity contribution in [2.24, 2.45) is 0 Å². The number of aromatic nitrogens is 4. The minimum Gasteiger partial charge on any atom is -0.896 e. The van der Waals surface area contributed by atoms with Crippen molar-refractivity contribution in [1.82, 2.24) is 19.9 Å². The summed E-state index contributed by atoms with van der Waals surface area (Å²) in [5.74, 6) is 0. The van der Waals surface area contributed by atoms with Gasteiger partial charge in [-0.3, -0.25) is 0 Å². The normalized spacial score (nSPS) is 11.4. The molecule has 8 heteroatoms. The molecule has 0 atom stereocenters. The van der Waals surface area contributed by atoms with Gasteiger partial charge in [-0.25, -0.2) is 9.97 Å². The van der Waals surface area contributed by atoms with Crippen LogP contribution in [0.15, 0.2) is 48.5 Å². The number of aromatic amines is 2. The topological polar surface area (TPSA) is 103 Å². The number of hydrogen-bond donors (Lipinski definition) is 2. The van der Waals surface area contributed by atoms with E-state index in [-0.39, 0.29) is 19.5 Å². The van der Waals surface area contributed by atoms with Gasteiger partial charge in [-0.1, -0.05) is 0 Å². The van der Waals surface area contributed by atoms with Crippen molar-refractivity contribution in [3.8, 4) is 0 Å². The first kappa shape index (κ1) is 20.0. The molecule has 6 nitrogen and oxygen atoms in total. The van der Waals surface area contributed by atoms with E-state index in [0.29, 0.717) is 0 Å². The molecule has 3 aromatic rings. The molecule has 0 spiro atoms. The molecule has 28 heavy (non-hydrogen) atoms. The van der Waals surface area contributed by atoms with E-state index in [1.54, 1.807) is 0 Å². The predicted octanol–water partition coefficient (Wildman–Crippen LogP) is 1.63. The van der Waals surface area contributed by atoms with Gasteiger partial charge in [0.2, 0.25) is 0 Å². The summed E-state index contributed by atoms with van der Waals surface area (Å²) in [4.78, 5) is 16.0. The van der Waals surface area contributed by atoms with Gasteiger partial charge in [-0.05, 0) is 72.8 Å². The molecule has 0 fully saturated rings. The maximum absolute atomic E-state index is 8.38. The maximum Gasteiger partial charge on any atom is 2.00 e. The quantitative estimate of drug-likeness (QED) is 0.372. The Hall–Kier alpha value is -2.79. The minimum absolute atomic E-state index is 0. The van der Waals surface area contributed by atoms with Crippen molar-refractivity contribution < 1.29 is 29.5 Å². The van der Waals surface area contributed by atoms with E-state index in [1.807, 2.05) is 48.6 Å². The molecule has 0 saturated carbocycles. The molecule has 8 bridgehead atoms. The monoisotopic (exact) mass is 418 g/mol. The van der Waals surface area contributed by atoms with E-state index in [4.69, 9.17) is 10.0 Å². The number of nitrogens with zero attached hydrogens (tertiary/aromatic N) is 2. The second kappa shape index (κ2) is 8.93. The van der Waals surface area contributed by atoms with Crippen molar-refractivity contribution in [2.45, 2.75) is 0 Å². The second-order valence-electron chi connectivity index (χ2n) is 6.02. The zero-order valence-electron chi connectivity index (χ0n) is 15.1. The van der Waals surface area contributed by atoms with Gasteiger partial charge in [0.1, 0.15) is 0 Å². The van der Waals surface area contributed by atoms with E-state index < -0.39 is 7.69 Å². The summed E-state index contributed by atoms with van der Waals surface area (Å²) in [5.41, 5.74) is 7.86. The Morgan fingerprint density at radius 2 is 0.821 bits per heavy atom. The van der Waals surface area contributed by atoms with E-state index in [0.717, 1.165) is 44.8 Å². The predicted molar refractivity (Wildman–Crippen MR) is 106 cm³/mol. The summed E-state index contributed by atoms with van der Waals surface area (Å²) in [6, 6.07) is 16.4. The van der Waals surface area contributed by atoms with Crippen LogP contribution in [0, 0.1) is 0 Å². The Balaban J connectivity index is 0.000000531. The van der Waals surface area contributed by atoms with Crippen molar-refractivity contribution in [1.29, 1.82) is 0 Å². The Bertz CT molecular complexity index is 1020. The fourth-order valence-corrected chi connectivity index (χ4v) is 2.94. The molecule has 0 aliphatic carbocycles. The van der Waals surface area contributed by atoms with Crippen LogP contribution in [-0.2, 0) is 19.5 Å². The third-order valence-electron chi connectivity index (χ3n) is 4.04. The summed E-state index contributed by atoms with van der Waals surface area (Å²) >= 11 is 0. The van der Waals surface area contributed by atoms with Crippen LogP contribution in [-0.4, -0.2) is 27.6 Å². The molecule has 0 saturated heterocycles. The van der Waals surface area contributed by atoms with Gasteiger partial charge in [-0.15, -0.1) is 7.69 Å². The molecule has 3 aromatic heterocycles. The molecular formula is C20H15BN4O2Zn. The molecule has 0 amide bonds. The first-order chi connectivity index (χ1) is 13.2. The average molecular weight is 420 g/mol. The van der Waals surface area contributed by atoms with Crippen molar-refractivity contribution in [3.05, 3.63) is 71.3 Å². The molecule has 2 N–H and O–H groups in total. The van der Waals surface area contributed by atoms with Crippen LogP contribution in [0.4, 0.5) is 0 Å². The van der Waals surface area contributed by atoms with Gasteiger partial charge >= 0.3 is 19.5 Å². The number of fused-ring (bicyclic) bond motifs is 8. The van der Waals surface area contributed by atoms with E-state index in [9.17, 15) is 0 Å². The number of rotatable bonds is 0. The van der Waals surface area contributed by atoms with E-state index in [2.05, 4.69) is 44.2 Å². The third kappa shape index (κ3) is 4.73. The number of nitrogens with one attached hydrogen (secondary N) is 2. The van der Waals surface area contributed by atoms with Crippen molar-refractivity contribution in [3.63, 3.8) is 0 Å². The number of hydrogen-bond acceptors (Lipinski definition) is 4. The van der Waals surface area contributed by atoms with Gasteiger partial charge < -0.3 is 20.0 Å². The molecule has 2 aliphatic rings. The van der Waals surface area contributed by atoms with Crippen LogP contribution in [0.1, 0.15) is 22.8 Å². The summed E-state index contributed by atoms with van der Waals surface area (Å²) < 4.78 is 0. The molecule has 0 aromatic carbocycles. The molecule has 5 heterocycles. The standard InChI is InChI=1S/C20H14N4.BHO2.Zn/c1-2-14-10-16-5-6-18(23-16)12-20-8-7-19(24-20)11-17-4-3-15(22-17)9-13(1)21-14;2-1-3;/h1-12,21,24H;1H;/q;-2;+2. The van der Waals surface area contributed by atoms with E-state index in [1.165, 1.54) is 0 Å². The molecule has 132 valence electrons. The molecule has 2 aliphatic heterocycles. The molecule has 0 unspecified atom stereocenters. The third-order valence-corrected chi connectivity index (χ3v) is 4.04. The SMILES string of the molecule is C1=Cc2cc3ccc(cc4nc(cc5ccc(cc1n2)[nH]5)C=C4)[nH]3.[O-]B[O-].[Zn+2]. The van der Waals surface area contributed by atoms with Gasteiger partial charge in [0, 0.05) is 22.1 Å². The first-order valence-electron chi connectivity index (χ1n) is 8.42. The van der Waals surface area contributed by atoms with E-state index >= 15 is 0 Å². The van der Waals surface area contributed by atoms with Crippen LogP contribution < -0.4 is 10.0 Å². The fourth-order valence-electron chi connectivity index (χ4n) is 2.94. The van der Waals surface area contributed by atoms with Crippen LogP contribution in [0.3, 0.4) is 0 Å². The van der Waals surface area contributed by atoms with Gasteiger partial charge in [0.25, 0.3) is 0 Å². The summed E-state index contributed by atoms with van der Waals surface area (Å²) in [6.45, 7) is 0. The van der Waals surface area contributed by atoms with Gasteiger partial charge in [0.15, 0.2) is 0 Å². The fraction of sp³-hybridized carbons (Fsp3) is 0. The average Bonchev–Trinajstić information content (AvgIpc) is 3.41. The Morgan fingerprint density at radius 3 is 1.07 bits per heavy atom. The summed E-state index contributed by atoms with van der Waals surface area (Å²) in [5, 5.41) is 16.8. The first-order valence-corrected chi connectivity index (χ1v) is 8.42. The van der Waals surface area contributed by atoms with Crippen LogP contribution in [0.2, 0.25) is 0 Å². The van der Waals surface area contributed by atoms with Crippen molar-refractivity contribution in [2.75, 3.05) is 0 Å². The van der Waals surface area contributed by atoms with Gasteiger partial charge in [-0.2, -0.15) is 0 Å². The molecule has 0 radical (unpaired) electrons.